The summed E-state index contributed by atoms with van der Waals surface area (Å²) in [6, 6.07) is 0. The second-order valence-corrected chi connectivity index (χ2v) is 1.22. The van der Waals surface area contributed by atoms with Crippen molar-refractivity contribution in [1.82, 2.24) is 0 Å². The van der Waals surface area contributed by atoms with Gasteiger partial charge in [-0.1, -0.05) is 0 Å². The summed E-state index contributed by atoms with van der Waals surface area (Å²) in [4.78, 5) is 9.56. The fourth-order valence-electron chi connectivity index (χ4n) is 0. The SMILES string of the molecule is NC(=O)C[Se]. The first kappa shape index (κ1) is 4.99. The van der Waals surface area contributed by atoms with E-state index in [2.05, 4.69) is 21.7 Å². The topological polar surface area (TPSA) is 43.1 Å². The van der Waals surface area contributed by atoms with Crippen LogP contribution in [0.15, 0.2) is 0 Å². The molecule has 2 nitrogen and oxygen atoms in total. The number of primary amides is 1. The van der Waals surface area contributed by atoms with Gasteiger partial charge in [0, 0.05) is 0 Å². The number of rotatable bonds is 1. The van der Waals surface area contributed by atoms with Crippen molar-refractivity contribution in [3.05, 3.63) is 0 Å². The van der Waals surface area contributed by atoms with Crippen molar-refractivity contribution in [2.75, 3.05) is 0 Å². The summed E-state index contributed by atoms with van der Waals surface area (Å²) in [7, 11) is 0. The molecule has 0 saturated heterocycles. The van der Waals surface area contributed by atoms with Gasteiger partial charge in [0.25, 0.3) is 0 Å². The van der Waals surface area contributed by atoms with Crippen LogP contribution in [-0.4, -0.2) is 21.9 Å². The van der Waals surface area contributed by atoms with E-state index < -0.39 is 0 Å². The van der Waals surface area contributed by atoms with Gasteiger partial charge in [0.1, 0.15) is 0 Å². The molecule has 5 heavy (non-hydrogen) atoms. The third-order valence-electron chi connectivity index (χ3n) is 0.142. The van der Waals surface area contributed by atoms with Gasteiger partial charge in [0.05, 0.1) is 0 Å². The number of hydrogen-bond acceptors (Lipinski definition) is 1. The number of carbonyl (C=O) groups excluding carboxylic acids is 1. The zero-order valence-electron chi connectivity index (χ0n) is 2.60. The van der Waals surface area contributed by atoms with E-state index in [1.165, 1.54) is 0 Å². The van der Waals surface area contributed by atoms with Gasteiger partial charge in [0.2, 0.25) is 0 Å². The van der Waals surface area contributed by atoms with E-state index in [1.54, 1.807) is 0 Å². The summed E-state index contributed by atoms with van der Waals surface area (Å²) >= 11 is 2.47. The Morgan fingerprint density at radius 3 is 2.20 bits per heavy atom. The summed E-state index contributed by atoms with van der Waals surface area (Å²) in [6.07, 6.45) is 0. The van der Waals surface area contributed by atoms with Crippen LogP contribution in [0.25, 0.3) is 0 Å². The van der Waals surface area contributed by atoms with Gasteiger partial charge in [-0.2, -0.15) is 0 Å². The number of nitrogens with two attached hydrogens (primary N) is 1. The van der Waals surface area contributed by atoms with Crippen molar-refractivity contribution in [1.29, 1.82) is 0 Å². The first-order valence-corrected chi connectivity index (χ1v) is 2.35. The average Bonchev–Trinajstić information content (AvgIpc) is 1.38. The van der Waals surface area contributed by atoms with Crippen molar-refractivity contribution in [3.8, 4) is 0 Å². The minimum absolute atomic E-state index is 0.301. The van der Waals surface area contributed by atoms with Crippen LogP contribution in [0.5, 0.6) is 0 Å². The van der Waals surface area contributed by atoms with Crippen LogP contribution in [0, 0.1) is 0 Å². The Balaban J connectivity index is 2.85. The van der Waals surface area contributed by atoms with Crippen molar-refractivity contribution in [2.24, 2.45) is 5.73 Å². The van der Waals surface area contributed by atoms with Gasteiger partial charge in [-0.05, 0) is 0 Å². The summed E-state index contributed by atoms with van der Waals surface area (Å²) in [5.74, 6) is -0.301. The van der Waals surface area contributed by atoms with E-state index >= 15 is 0 Å². The van der Waals surface area contributed by atoms with Crippen LogP contribution in [0.3, 0.4) is 0 Å². The Labute approximate surface area is 38.5 Å². The molecule has 1 radical (unpaired) electrons. The molecule has 29 valence electrons. The summed E-state index contributed by atoms with van der Waals surface area (Å²) in [6.45, 7) is 0. The Morgan fingerprint density at radius 1 is 2.00 bits per heavy atom. The maximum atomic E-state index is 9.56. The van der Waals surface area contributed by atoms with E-state index in [9.17, 15) is 4.79 Å². The van der Waals surface area contributed by atoms with Gasteiger partial charge in [0.15, 0.2) is 0 Å². The molecule has 0 aliphatic heterocycles. The Morgan fingerprint density at radius 2 is 2.20 bits per heavy atom. The second kappa shape index (κ2) is 2.24. The van der Waals surface area contributed by atoms with Crippen LogP contribution in [0.2, 0.25) is 5.32 Å². The molecular formula is C2H4NOSe. The van der Waals surface area contributed by atoms with Crippen molar-refractivity contribution >= 4 is 21.9 Å². The molecule has 1 amide bonds. The third kappa shape index (κ3) is 3.99. The molecule has 2 N–H and O–H groups in total. The van der Waals surface area contributed by atoms with E-state index in [0.29, 0.717) is 5.32 Å². The molecule has 0 unspecified atom stereocenters. The fourth-order valence-corrected chi connectivity index (χ4v) is 0. The molecular weight excluding hydrogens is 133 g/mol. The van der Waals surface area contributed by atoms with Crippen LogP contribution in [-0.2, 0) is 4.79 Å². The summed E-state index contributed by atoms with van der Waals surface area (Å²) < 4.78 is 0. The van der Waals surface area contributed by atoms with Crippen molar-refractivity contribution < 1.29 is 4.79 Å². The monoisotopic (exact) mass is 138 g/mol. The zero-order chi connectivity index (χ0) is 4.28. The van der Waals surface area contributed by atoms with Gasteiger partial charge in [-0.3, -0.25) is 0 Å². The molecule has 0 aromatic carbocycles. The average molecular weight is 137 g/mol. The first-order valence-electron chi connectivity index (χ1n) is 1.14. The predicted molar refractivity (Wildman–Crippen MR) is 19.8 cm³/mol. The van der Waals surface area contributed by atoms with Gasteiger partial charge >= 0.3 is 37.8 Å². The number of amides is 1. The van der Waals surface area contributed by atoms with Gasteiger partial charge in [-0.25, -0.2) is 0 Å². The summed E-state index contributed by atoms with van der Waals surface area (Å²) in [5, 5.41) is 0.319. The Bertz CT molecular complexity index is 44.9. The van der Waals surface area contributed by atoms with Crippen LogP contribution in [0.4, 0.5) is 0 Å². The molecule has 0 aromatic rings. The molecule has 3 heteroatoms. The van der Waals surface area contributed by atoms with E-state index in [1.807, 2.05) is 0 Å². The molecule has 0 fully saturated rings. The number of hydrogen-bond donors (Lipinski definition) is 1. The molecule has 0 aliphatic rings. The van der Waals surface area contributed by atoms with Crippen molar-refractivity contribution in [3.63, 3.8) is 0 Å². The quantitative estimate of drug-likeness (QED) is 0.465. The van der Waals surface area contributed by atoms with E-state index in [0.717, 1.165) is 0 Å². The third-order valence-corrected chi connectivity index (χ3v) is 0.739. The van der Waals surface area contributed by atoms with Crippen molar-refractivity contribution in [2.45, 2.75) is 5.32 Å². The first-order chi connectivity index (χ1) is 2.27. The maximum absolute atomic E-state index is 9.56. The van der Waals surface area contributed by atoms with E-state index in [-0.39, 0.29) is 5.91 Å². The molecule has 0 bridgehead atoms. The summed E-state index contributed by atoms with van der Waals surface area (Å²) in [5.41, 5.74) is 4.62. The molecule has 0 spiro atoms. The molecule has 0 atom stereocenters. The van der Waals surface area contributed by atoms with E-state index in [4.69, 9.17) is 0 Å². The molecule has 0 aliphatic carbocycles. The molecule has 0 aromatic heterocycles. The van der Waals surface area contributed by atoms with Gasteiger partial charge in [-0.15, -0.1) is 0 Å². The number of carbonyl (C=O) groups is 1. The zero-order valence-corrected chi connectivity index (χ0v) is 4.31. The Hall–Kier alpha value is -0.0105. The predicted octanol–water partition coefficient (Wildman–Crippen LogP) is -0.942. The standard InChI is InChI=1S/C2H4NOSe/c3-2(4)1-5/h1H2,(H2,3,4). The minimum atomic E-state index is -0.301. The van der Waals surface area contributed by atoms with Crippen LogP contribution < -0.4 is 5.73 Å². The fraction of sp³-hybridized carbons (Fsp3) is 0.500. The molecule has 0 heterocycles. The molecule has 0 saturated carbocycles. The molecule has 0 rings (SSSR count). The normalized spacial score (nSPS) is 7.40. The van der Waals surface area contributed by atoms with Gasteiger partial charge < -0.3 is 0 Å². The Kier molecular flexibility index (Phi) is 2.24. The van der Waals surface area contributed by atoms with Crippen LogP contribution in [0.1, 0.15) is 0 Å². The second-order valence-electron chi connectivity index (χ2n) is 0.611. The van der Waals surface area contributed by atoms with Crippen LogP contribution >= 0.6 is 0 Å².